The average Bonchev–Trinajstić information content (AvgIpc) is 2.42. The second-order valence-corrected chi connectivity index (χ2v) is 3.91. The molecule has 4 nitrogen and oxygen atoms in total. The highest BCUT2D eigenvalue weighted by molar-refractivity contribution is 7.54. The molecule has 0 amide bonds. The van der Waals surface area contributed by atoms with Crippen molar-refractivity contribution < 1.29 is 9.79 Å². The first-order valence-corrected chi connectivity index (χ1v) is 5.06. The highest BCUT2D eigenvalue weighted by atomic mass is 31.2. The summed E-state index contributed by atoms with van der Waals surface area (Å²) in [7, 11) is -2.01. The minimum absolute atomic E-state index is 0.533. The van der Waals surface area contributed by atoms with Gasteiger partial charge in [0.1, 0.15) is 5.82 Å². The summed E-state index contributed by atoms with van der Waals surface area (Å²) in [6.45, 7) is 1.86. The predicted molar refractivity (Wildman–Crippen MR) is 51.8 cm³/mol. The van der Waals surface area contributed by atoms with Gasteiger partial charge in [-0.1, -0.05) is 0 Å². The molecule has 0 atom stereocenters. The Hall–Kier alpha value is -0.960. The van der Waals surface area contributed by atoms with Crippen molar-refractivity contribution in [3.05, 3.63) is 24.0 Å². The number of hydrogen-bond donors (Lipinski definition) is 3. The lowest BCUT2D eigenvalue weighted by atomic mass is 10.3. The van der Waals surface area contributed by atoms with E-state index in [2.05, 4.69) is 9.97 Å². The van der Waals surface area contributed by atoms with Crippen molar-refractivity contribution >= 4 is 24.7 Å². The number of fused-ring (bicyclic) bond motifs is 1. The van der Waals surface area contributed by atoms with E-state index in [4.69, 9.17) is 9.79 Å². The molecule has 0 unspecified atom stereocenters. The van der Waals surface area contributed by atoms with Gasteiger partial charge in [-0.15, -0.1) is 0 Å². The molecule has 2 aromatic rings. The lowest BCUT2D eigenvalue weighted by Gasteiger charge is -2.00. The fourth-order valence-electron chi connectivity index (χ4n) is 1.25. The van der Waals surface area contributed by atoms with Gasteiger partial charge in [0.2, 0.25) is 0 Å². The molecule has 68 valence electrons. The molecule has 0 aliphatic heterocycles. The molecule has 3 N–H and O–H groups in total. The highest BCUT2D eigenvalue weighted by Crippen LogP contribution is 2.23. The first-order chi connectivity index (χ1) is 6.16. The summed E-state index contributed by atoms with van der Waals surface area (Å²) in [5, 5.41) is 0.533. The predicted octanol–water partition coefficient (Wildman–Crippen LogP) is 0.793. The van der Waals surface area contributed by atoms with Crippen molar-refractivity contribution in [1.29, 1.82) is 0 Å². The molecule has 0 aliphatic rings. The zero-order valence-corrected chi connectivity index (χ0v) is 7.92. The van der Waals surface area contributed by atoms with Crippen LogP contribution in [0.4, 0.5) is 0 Å². The molecular formula is C8H9N2O2P. The summed E-state index contributed by atoms with van der Waals surface area (Å²) in [5.41, 5.74) is 1.68. The third-order valence-corrected chi connectivity index (χ3v) is 2.55. The van der Waals surface area contributed by atoms with Crippen LogP contribution in [0.15, 0.2) is 18.2 Å². The number of imidazole rings is 1. The van der Waals surface area contributed by atoms with Gasteiger partial charge in [0.25, 0.3) is 0 Å². The maximum atomic E-state index is 8.98. The van der Waals surface area contributed by atoms with Crippen LogP contribution in [0.2, 0.25) is 0 Å². The summed E-state index contributed by atoms with van der Waals surface area (Å²) < 4.78 is 0. The van der Waals surface area contributed by atoms with Crippen molar-refractivity contribution in [2.75, 3.05) is 0 Å². The van der Waals surface area contributed by atoms with Crippen molar-refractivity contribution in [3.63, 3.8) is 0 Å². The first-order valence-electron chi connectivity index (χ1n) is 3.81. The maximum absolute atomic E-state index is 8.98. The van der Waals surface area contributed by atoms with Gasteiger partial charge in [0, 0.05) is 5.30 Å². The number of aromatic amines is 1. The number of rotatable bonds is 1. The van der Waals surface area contributed by atoms with E-state index in [-0.39, 0.29) is 0 Å². The Kier molecular flexibility index (Phi) is 2.04. The van der Waals surface area contributed by atoms with E-state index in [1.165, 1.54) is 0 Å². The van der Waals surface area contributed by atoms with E-state index in [0.717, 1.165) is 16.9 Å². The zero-order chi connectivity index (χ0) is 9.42. The van der Waals surface area contributed by atoms with Crippen LogP contribution in [0.1, 0.15) is 5.82 Å². The molecular weight excluding hydrogens is 187 g/mol. The van der Waals surface area contributed by atoms with E-state index >= 15 is 0 Å². The molecule has 0 fully saturated rings. The van der Waals surface area contributed by atoms with Gasteiger partial charge in [-0.2, -0.15) is 0 Å². The van der Waals surface area contributed by atoms with E-state index in [9.17, 15) is 0 Å². The van der Waals surface area contributed by atoms with Gasteiger partial charge in [-0.05, 0) is 25.1 Å². The van der Waals surface area contributed by atoms with Gasteiger partial charge in [0.15, 0.2) is 8.38 Å². The fraction of sp³-hybridized carbons (Fsp3) is 0.125. The summed E-state index contributed by atoms with van der Waals surface area (Å²) >= 11 is 0. The SMILES string of the molecule is Cc1nc2ccc(P(O)O)cc2[nH]1. The monoisotopic (exact) mass is 196 g/mol. The van der Waals surface area contributed by atoms with Crippen molar-refractivity contribution in [2.45, 2.75) is 6.92 Å². The summed E-state index contributed by atoms with van der Waals surface area (Å²) in [4.78, 5) is 25.2. The Balaban J connectivity index is 2.61. The van der Waals surface area contributed by atoms with Crippen LogP contribution in [-0.2, 0) is 0 Å². The Morgan fingerprint density at radius 3 is 2.85 bits per heavy atom. The molecule has 1 heterocycles. The number of nitrogens with zero attached hydrogens (tertiary/aromatic N) is 1. The number of nitrogens with one attached hydrogen (secondary N) is 1. The number of benzene rings is 1. The molecule has 0 saturated carbocycles. The molecule has 1 aromatic carbocycles. The Morgan fingerprint density at radius 1 is 1.38 bits per heavy atom. The number of aryl methyl sites for hydroxylation is 1. The van der Waals surface area contributed by atoms with E-state index in [0.29, 0.717) is 5.30 Å². The van der Waals surface area contributed by atoms with E-state index < -0.39 is 8.38 Å². The van der Waals surface area contributed by atoms with Crippen LogP contribution in [0.25, 0.3) is 11.0 Å². The summed E-state index contributed by atoms with van der Waals surface area (Å²) in [6.07, 6.45) is 0. The number of H-pyrrole nitrogens is 1. The third kappa shape index (κ3) is 1.56. The molecule has 5 heteroatoms. The maximum Gasteiger partial charge on any atom is 0.199 e. The zero-order valence-electron chi connectivity index (χ0n) is 7.02. The summed E-state index contributed by atoms with van der Waals surface area (Å²) in [6, 6.07) is 5.16. The standard InChI is InChI=1S/C8H9N2O2P/c1-5-9-7-3-2-6(13(11)12)4-8(7)10-5/h2-4,11-12H,1H3,(H,9,10). The fourth-order valence-corrected chi connectivity index (χ4v) is 1.70. The normalized spacial score (nSPS) is 11.4. The lowest BCUT2D eigenvalue weighted by Crippen LogP contribution is -1.98. The molecule has 0 spiro atoms. The van der Waals surface area contributed by atoms with Crippen LogP contribution >= 0.6 is 8.38 Å². The van der Waals surface area contributed by atoms with Crippen LogP contribution in [0.5, 0.6) is 0 Å². The van der Waals surface area contributed by atoms with Crippen LogP contribution in [0.3, 0.4) is 0 Å². The van der Waals surface area contributed by atoms with Gasteiger partial charge in [-0.3, -0.25) is 0 Å². The number of aromatic nitrogens is 2. The average molecular weight is 196 g/mol. The van der Waals surface area contributed by atoms with Gasteiger partial charge in [-0.25, -0.2) is 4.98 Å². The minimum atomic E-state index is -2.01. The van der Waals surface area contributed by atoms with Crippen LogP contribution in [0, 0.1) is 6.92 Å². The minimum Gasteiger partial charge on any atom is -0.347 e. The largest absolute Gasteiger partial charge is 0.347 e. The molecule has 2 rings (SSSR count). The van der Waals surface area contributed by atoms with Crippen molar-refractivity contribution in [1.82, 2.24) is 9.97 Å². The van der Waals surface area contributed by atoms with Gasteiger partial charge in [0.05, 0.1) is 11.0 Å². The smallest absolute Gasteiger partial charge is 0.199 e. The first kappa shape index (κ1) is 8.63. The van der Waals surface area contributed by atoms with Gasteiger partial charge >= 0.3 is 0 Å². The molecule has 13 heavy (non-hydrogen) atoms. The number of hydrogen-bond acceptors (Lipinski definition) is 3. The Morgan fingerprint density at radius 2 is 2.15 bits per heavy atom. The van der Waals surface area contributed by atoms with Crippen molar-refractivity contribution in [3.8, 4) is 0 Å². The lowest BCUT2D eigenvalue weighted by molar-refractivity contribution is 0.497. The Labute approximate surface area is 76.2 Å². The van der Waals surface area contributed by atoms with E-state index in [1.807, 2.05) is 6.92 Å². The van der Waals surface area contributed by atoms with Crippen LogP contribution in [-0.4, -0.2) is 19.8 Å². The summed E-state index contributed by atoms with van der Waals surface area (Å²) in [5.74, 6) is 0.826. The quantitative estimate of drug-likeness (QED) is 0.590. The third-order valence-electron chi connectivity index (χ3n) is 1.81. The molecule has 0 radical (unpaired) electrons. The molecule has 1 aromatic heterocycles. The molecule has 0 bridgehead atoms. The van der Waals surface area contributed by atoms with E-state index in [1.54, 1.807) is 18.2 Å². The molecule has 0 saturated heterocycles. The van der Waals surface area contributed by atoms with Gasteiger partial charge < -0.3 is 14.8 Å². The Bertz CT molecular complexity index is 439. The second-order valence-electron chi connectivity index (χ2n) is 2.81. The van der Waals surface area contributed by atoms with Crippen molar-refractivity contribution in [2.24, 2.45) is 0 Å². The highest BCUT2D eigenvalue weighted by Gasteiger charge is 2.06. The van der Waals surface area contributed by atoms with Crippen LogP contribution < -0.4 is 5.30 Å². The molecule has 0 aliphatic carbocycles. The second kappa shape index (κ2) is 3.07. The topological polar surface area (TPSA) is 69.1 Å².